The van der Waals surface area contributed by atoms with Gasteiger partial charge < -0.3 is 32.4 Å². The maximum Gasteiger partial charge on any atom is 0.674 e. The lowest BCUT2D eigenvalue weighted by atomic mass is 15.5. The average molecular weight is 236 g/mol. The Morgan fingerprint density at radius 3 is 1.83 bits per heavy atom. The molecule has 1 fully saturated rings. The molecule has 72 valence electrons. The molecule has 0 atom stereocenters. The van der Waals surface area contributed by atoms with Crippen LogP contribution in [-0.2, 0) is 17.0 Å². The Bertz CT molecular complexity index is 219. The lowest BCUT2D eigenvalue weighted by Crippen LogP contribution is -2.72. The van der Waals surface area contributed by atoms with E-state index in [-0.39, 0.29) is 0 Å². The van der Waals surface area contributed by atoms with Gasteiger partial charge in [-0.1, -0.05) is 0 Å². The Morgan fingerprint density at radius 2 is 1.58 bits per heavy atom. The highest BCUT2D eigenvalue weighted by Crippen LogP contribution is 2.43. The van der Waals surface area contributed by atoms with Crippen molar-refractivity contribution in [1.82, 2.24) is 0 Å². The van der Waals surface area contributed by atoms with Crippen molar-refractivity contribution >= 4 is 25.9 Å². The molecule has 0 spiro atoms. The monoisotopic (exact) mass is 236 g/mol. The number of hydrogen-bond donors (Lipinski definition) is 5. The molecule has 0 aromatic rings. The first-order valence-corrected chi connectivity index (χ1v) is 7.37. The van der Waals surface area contributed by atoms with Crippen molar-refractivity contribution in [3.8, 4) is 0 Å². The van der Waals surface area contributed by atoms with Gasteiger partial charge in [0.1, 0.15) is 0 Å². The Hall–Kier alpha value is 0.344. The average Bonchev–Trinajstić information content (AvgIpc) is 1.48. The minimum absolute atomic E-state index is 3.63. The van der Waals surface area contributed by atoms with E-state index in [0.29, 0.717) is 0 Å². The minimum atomic E-state index is -4.95. The number of phosphoric acid groups is 1. The summed E-state index contributed by atoms with van der Waals surface area (Å²) in [6.45, 7) is 0. The molecular formula is H5O9PSi2. The van der Waals surface area contributed by atoms with E-state index in [9.17, 15) is 4.57 Å². The van der Waals surface area contributed by atoms with Crippen LogP contribution in [0.15, 0.2) is 0 Å². The molecule has 12 heteroatoms. The van der Waals surface area contributed by atoms with Gasteiger partial charge in [-0.3, -0.25) is 4.21 Å². The molecule has 5 N–H and O–H groups in total. The van der Waals surface area contributed by atoms with E-state index in [1.54, 1.807) is 0 Å². The van der Waals surface area contributed by atoms with Crippen LogP contribution >= 0.6 is 7.82 Å². The topological polar surface area (TPSA) is 146 Å². The van der Waals surface area contributed by atoms with Gasteiger partial charge in [0.05, 0.1) is 0 Å². The van der Waals surface area contributed by atoms with E-state index < -0.39 is 25.9 Å². The Labute approximate surface area is 68.0 Å². The molecular weight excluding hydrogens is 231 g/mol. The molecule has 0 unspecified atom stereocenters. The summed E-state index contributed by atoms with van der Waals surface area (Å²) in [6.07, 6.45) is 0. The molecule has 0 aromatic heterocycles. The van der Waals surface area contributed by atoms with E-state index in [4.69, 9.17) is 24.2 Å². The zero-order valence-electron chi connectivity index (χ0n) is 5.32. The second kappa shape index (κ2) is 2.66. The molecule has 0 aromatic carbocycles. The summed E-state index contributed by atoms with van der Waals surface area (Å²) >= 11 is 0. The van der Waals surface area contributed by atoms with Crippen LogP contribution in [0.3, 0.4) is 0 Å². The lowest BCUT2D eigenvalue weighted by Gasteiger charge is -2.37. The maximum atomic E-state index is 10.1. The van der Waals surface area contributed by atoms with Gasteiger partial charge in [0.2, 0.25) is 0 Å². The van der Waals surface area contributed by atoms with Gasteiger partial charge in [-0.25, -0.2) is 4.57 Å². The normalized spacial score (nSPS) is 26.4. The molecule has 1 aliphatic rings. The van der Waals surface area contributed by atoms with Crippen molar-refractivity contribution < 1.29 is 41.2 Å². The minimum Gasteiger partial charge on any atom is -0.368 e. The van der Waals surface area contributed by atoms with E-state index in [0.717, 1.165) is 0 Å². The Morgan fingerprint density at radius 1 is 1.17 bits per heavy atom. The van der Waals surface area contributed by atoms with Crippen molar-refractivity contribution in [3.63, 3.8) is 0 Å². The summed E-state index contributed by atoms with van der Waals surface area (Å²) in [4.78, 5) is 41.9. The molecule has 9 nitrogen and oxygen atoms in total. The smallest absolute Gasteiger partial charge is 0.368 e. The number of hydrogen-bond acceptors (Lipinski definition) is 7. The van der Waals surface area contributed by atoms with Crippen molar-refractivity contribution in [2.75, 3.05) is 0 Å². The van der Waals surface area contributed by atoms with Crippen LogP contribution in [0.4, 0.5) is 0 Å². The molecule has 0 amide bonds. The van der Waals surface area contributed by atoms with Gasteiger partial charge in [-0.2, -0.15) is 0 Å². The van der Waals surface area contributed by atoms with Crippen molar-refractivity contribution in [3.05, 3.63) is 0 Å². The van der Waals surface area contributed by atoms with Crippen LogP contribution in [0.2, 0.25) is 0 Å². The second-order valence-electron chi connectivity index (χ2n) is 1.86. The fourth-order valence-electron chi connectivity index (χ4n) is 0.531. The highest BCUT2D eigenvalue weighted by molar-refractivity contribution is 7.48. The number of rotatable bonds is 2. The van der Waals surface area contributed by atoms with Crippen LogP contribution in [-0.4, -0.2) is 42.3 Å². The first kappa shape index (κ1) is 10.4. The Kier molecular flexibility index (Phi) is 2.31. The molecule has 0 aliphatic carbocycles. The van der Waals surface area contributed by atoms with Crippen molar-refractivity contribution in [2.45, 2.75) is 0 Å². The quantitative estimate of drug-likeness (QED) is 0.250. The van der Waals surface area contributed by atoms with E-state index >= 15 is 0 Å². The molecule has 1 rings (SSSR count). The standard InChI is InChI=1S/H5O9PSi2/c1-10(2,3)7-12(6)8-11(4,5)9-12/h4-6H,(H2,1,2,3). The van der Waals surface area contributed by atoms with Crippen molar-refractivity contribution in [2.24, 2.45) is 0 Å². The Balaban J connectivity index is 2.52. The SMILES string of the molecule is O=P(O)(O)O[Si]1(O)O[Si](O)(O)O1. The first-order chi connectivity index (χ1) is 5.12. The second-order valence-corrected chi connectivity index (χ2v) is 7.35. The fraction of sp³-hybridized carbons (Fsp3) is 0. The predicted octanol–water partition coefficient (Wildman–Crippen LogP) is -3.01. The fourth-order valence-corrected chi connectivity index (χ4v) is 5.45. The van der Waals surface area contributed by atoms with Gasteiger partial charge in [0.25, 0.3) is 0 Å². The van der Waals surface area contributed by atoms with Crippen LogP contribution in [0.5, 0.6) is 0 Å². The van der Waals surface area contributed by atoms with Gasteiger partial charge >= 0.3 is 25.9 Å². The molecule has 1 aliphatic heterocycles. The summed E-state index contributed by atoms with van der Waals surface area (Å²) < 4.78 is 21.5. The molecule has 1 saturated heterocycles. The largest absolute Gasteiger partial charge is 0.674 e. The highest BCUT2D eigenvalue weighted by Gasteiger charge is 2.71. The molecule has 12 heavy (non-hydrogen) atoms. The van der Waals surface area contributed by atoms with E-state index in [1.807, 2.05) is 0 Å². The van der Waals surface area contributed by atoms with Gasteiger partial charge in [0, 0.05) is 0 Å². The predicted molar refractivity (Wildman–Crippen MR) is 33.5 cm³/mol. The molecule has 0 bridgehead atoms. The highest BCUT2D eigenvalue weighted by atomic mass is 31.2. The van der Waals surface area contributed by atoms with Crippen LogP contribution in [0.1, 0.15) is 0 Å². The van der Waals surface area contributed by atoms with Gasteiger partial charge in [-0.15, -0.1) is 0 Å². The summed E-state index contributed by atoms with van der Waals surface area (Å²) in [5, 5.41) is 0. The zero-order chi connectivity index (χ0) is 9.62. The third-order valence-electron chi connectivity index (χ3n) is 0.758. The lowest BCUT2D eigenvalue weighted by molar-refractivity contribution is -0.0462. The summed E-state index contributed by atoms with van der Waals surface area (Å²) in [5.41, 5.74) is 0. The van der Waals surface area contributed by atoms with Crippen molar-refractivity contribution in [1.29, 1.82) is 0 Å². The van der Waals surface area contributed by atoms with Gasteiger partial charge in [-0.05, 0) is 0 Å². The summed E-state index contributed by atoms with van der Waals surface area (Å²) in [6, 6.07) is 0. The van der Waals surface area contributed by atoms with Gasteiger partial charge in [0.15, 0.2) is 0 Å². The third-order valence-corrected chi connectivity index (χ3v) is 6.82. The van der Waals surface area contributed by atoms with Crippen LogP contribution < -0.4 is 0 Å². The van der Waals surface area contributed by atoms with E-state index in [1.165, 1.54) is 0 Å². The van der Waals surface area contributed by atoms with E-state index in [2.05, 4.69) is 12.4 Å². The molecule has 0 saturated carbocycles. The molecule has 0 radical (unpaired) electrons. The maximum absolute atomic E-state index is 10.1. The van der Waals surface area contributed by atoms with Crippen LogP contribution in [0, 0.1) is 0 Å². The summed E-state index contributed by atoms with van der Waals surface area (Å²) in [7, 11) is -13.8. The zero-order valence-corrected chi connectivity index (χ0v) is 8.21. The third kappa shape index (κ3) is 2.68. The molecule has 1 heterocycles. The van der Waals surface area contributed by atoms with Crippen LogP contribution in [0.25, 0.3) is 0 Å². The first-order valence-electron chi connectivity index (χ1n) is 2.46. The summed E-state index contributed by atoms with van der Waals surface area (Å²) in [5.74, 6) is 0.